The zero-order chi connectivity index (χ0) is 15.0. The molecule has 0 radical (unpaired) electrons. The maximum absolute atomic E-state index is 12.5. The summed E-state index contributed by atoms with van der Waals surface area (Å²) in [6.45, 7) is 3.97. The van der Waals surface area contributed by atoms with Crippen molar-refractivity contribution in [2.24, 2.45) is 0 Å². The van der Waals surface area contributed by atoms with Crippen molar-refractivity contribution in [3.63, 3.8) is 0 Å². The molecule has 0 aromatic heterocycles. The molecule has 2 N–H and O–H groups in total. The second kappa shape index (κ2) is 5.67. The molecule has 1 saturated carbocycles. The van der Waals surface area contributed by atoms with Gasteiger partial charge in [-0.3, -0.25) is 0 Å². The van der Waals surface area contributed by atoms with Crippen LogP contribution in [0.15, 0.2) is 17.0 Å². The van der Waals surface area contributed by atoms with Crippen LogP contribution in [0.3, 0.4) is 0 Å². The summed E-state index contributed by atoms with van der Waals surface area (Å²) in [5.74, 6) is 0. The van der Waals surface area contributed by atoms with E-state index in [9.17, 15) is 13.5 Å². The van der Waals surface area contributed by atoms with Gasteiger partial charge in [0.1, 0.15) is 0 Å². The Labute approximate surface area is 125 Å². The van der Waals surface area contributed by atoms with Crippen LogP contribution in [0.1, 0.15) is 29.5 Å². The second-order valence-electron chi connectivity index (χ2n) is 5.41. The van der Waals surface area contributed by atoms with Crippen molar-refractivity contribution in [2.75, 3.05) is 12.8 Å². The van der Waals surface area contributed by atoms with Gasteiger partial charge in [0.15, 0.2) is 0 Å². The van der Waals surface area contributed by atoms with E-state index in [1.807, 2.05) is 19.2 Å². The lowest BCUT2D eigenvalue weighted by atomic mass is 10.1. The van der Waals surface area contributed by atoms with Crippen LogP contribution in [0, 0.1) is 13.8 Å². The highest BCUT2D eigenvalue weighted by molar-refractivity contribution is 8.00. The first-order valence-corrected chi connectivity index (χ1v) is 9.30. The number of aryl methyl sites for hydroxylation is 1. The predicted octanol–water partition coefficient (Wildman–Crippen LogP) is 1.97. The van der Waals surface area contributed by atoms with E-state index in [0.29, 0.717) is 12.1 Å². The maximum Gasteiger partial charge on any atom is 0.240 e. The lowest BCUT2D eigenvalue weighted by Crippen LogP contribution is -2.32. The summed E-state index contributed by atoms with van der Waals surface area (Å²) in [6, 6.07) is 3.38. The fourth-order valence-electron chi connectivity index (χ4n) is 2.17. The molecular weight excluding hydrogens is 294 g/mol. The Kier molecular flexibility index (Phi) is 4.49. The smallest absolute Gasteiger partial charge is 0.240 e. The van der Waals surface area contributed by atoms with Crippen molar-refractivity contribution < 1.29 is 13.5 Å². The molecule has 1 fully saturated rings. The van der Waals surface area contributed by atoms with E-state index in [-0.39, 0.29) is 16.2 Å². The Morgan fingerprint density at radius 1 is 1.35 bits per heavy atom. The summed E-state index contributed by atoms with van der Waals surface area (Å²) in [7, 11) is -3.52. The summed E-state index contributed by atoms with van der Waals surface area (Å²) < 4.78 is 27.7. The van der Waals surface area contributed by atoms with Gasteiger partial charge in [-0.1, -0.05) is 6.07 Å². The minimum Gasteiger partial charge on any atom is -0.392 e. The lowest BCUT2D eigenvalue weighted by Gasteiger charge is -2.16. The Morgan fingerprint density at radius 3 is 2.50 bits per heavy atom. The average molecular weight is 315 g/mol. The Balaban J connectivity index is 2.27. The molecule has 6 heteroatoms. The zero-order valence-corrected chi connectivity index (χ0v) is 13.7. The summed E-state index contributed by atoms with van der Waals surface area (Å²) in [4.78, 5) is 0.276. The first-order valence-electron chi connectivity index (χ1n) is 6.59. The highest BCUT2D eigenvalue weighted by atomic mass is 32.2. The van der Waals surface area contributed by atoms with Crippen LogP contribution in [0.4, 0.5) is 0 Å². The first-order chi connectivity index (χ1) is 9.33. The summed E-state index contributed by atoms with van der Waals surface area (Å²) in [5, 5.41) is 9.23. The Bertz CT molecular complexity index is 607. The van der Waals surface area contributed by atoms with Crippen LogP contribution in [-0.4, -0.2) is 31.1 Å². The largest absolute Gasteiger partial charge is 0.392 e. The fourth-order valence-corrected chi connectivity index (χ4v) is 4.48. The van der Waals surface area contributed by atoms with Gasteiger partial charge in [0.25, 0.3) is 0 Å². The van der Waals surface area contributed by atoms with Crippen LogP contribution < -0.4 is 4.72 Å². The molecule has 0 atom stereocenters. The van der Waals surface area contributed by atoms with E-state index in [1.54, 1.807) is 24.8 Å². The van der Waals surface area contributed by atoms with Gasteiger partial charge >= 0.3 is 0 Å². The van der Waals surface area contributed by atoms with E-state index in [0.717, 1.165) is 24.0 Å². The van der Waals surface area contributed by atoms with Crippen molar-refractivity contribution in [3.05, 3.63) is 28.8 Å². The highest BCUT2D eigenvalue weighted by Crippen LogP contribution is 2.46. The Morgan fingerprint density at radius 2 is 2.00 bits per heavy atom. The highest BCUT2D eigenvalue weighted by Gasteiger charge is 2.42. The molecule has 20 heavy (non-hydrogen) atoms. The number of hydrogen-bond donors (Lipinski definition) is 2. The topological polar surface area (TPSA) is 66.4 Å². The third-order valence-electron chi connectivity index (χ3n) is 3.98. The SMILES string of the molecule is CSC1(CNS(=O)(=O)c2cc(CO)cc(C)c2C)CC1. The van der Waals surface area contributed by atoms with Gasteiger partial charge in [-0.25, -0.2) is 13.1 Å². The van der Waals surface area contributed by atoms with Gasteiger partial charge in [-0.05, 0) is 55.7 Å². The number of thioether (sulfide) groups is 1. The summed E-state index contributed by atoms with van der Waals surface area (Å²) >= 11 is 1.72. The third kappa shape index (κ3) is 3.19. The third-order valence-corrected chi connectivity index (χ3v) is 6.92. The van der Waals surface area contributed by atoms with Crippen molar-refractivity contribution in [1.82, 2.24) is 4.72 Å². The minimum atomic E-state index is -3.52. The molecule has 0 heterocycles. The van der Waals surface area contributed by atoms with Crippen LogP contribution in [0.2, 0.25) is 0 Å². The molecule has 0 unspecified atom stereocenters. The molecule has 0 bridgehead atoms. The predicted molar refractivity (Wildman–Crippen MR) is 82.5 cm³/mol. The normalized spacial score (nSPS) is 17.2. The van der Waals surface area contributed by atoms with Crippen LogP contribution in [0.5, 0.6) is 0 Å². The minimum absolute atomic E-state index is 0.0879. The number of sulfonamides is 1. The molecule has 0 saturated heterocycles. The van der Waals surface area contributed by atoms with E-state index in [4.69, 9.17) is 0 Å². The van der Waals surface area contributed by atoms with E-state index in [2.05, 4.69) is 4.72 Å². The van der Waals surface area contributed by atoms with Gasteiger partial charge in [0.05, 0.1) is 11.5 Å². The van der Waals surface area contributed by atoms with Crippen LogP contribution in [0.25, 0.3) is 0 Å². The molecule has 0 aliphatic heterocycles. The molecule has 0 spiro atoms. The maximum atomic E-state index is 12.5. The monoisotopic (exact) mass is 315 g/mol. The zero-order valence-electron chi connectivity index (χ0n) is 12.1. The van der Waals surface area contributed by atoms with Crippen LogP contribution >= 0.6 is 11.8 Å². The van der Waals surface area contributed by atoms with E-state index in [1.165, 1.54) is 0 Å². The number of hydrogen-bond acceptors (Lipinski definition) is 4. The van der Waals surface area contributed by atoms with E-state index >= 15 is 0 Å². The second-order valence-corrected chi connectivity index (χ2v) is 8.42. The van der Waals surface area contributed by atoms with Crippen molar-refractivity contribution in [2.45, 2.75) is 42.9 Å². The summed E-state index contributed by atoms with van der Waals surface area (Å²) in [5.41, 5.74) is 2.24. The molecule has 1 aromatic carbocycles. The molecule has 1 aliphatic carbocycles. The standard InChI is InChI=1S/C14H21NO3S2/c1-10-6-12(8-16)7-13(11(10)2)20(17,18)15-9-14(19-3)4-5-14/h6-7,15-16H,4-5,8-9H2,1-3H3. The number of nitrogens with one attached hydrogen (secondary N) is 1. The first kappa shape index (κ1) is 15.8. The quantitative estimate of drug-likeness (QED) is 0.842. The molecule has 4 nitrogen and oxygen atoms in total. The van der Waals surface area contributed by atoms with Gasteiger partial charge in [0.2, 0.25) is 10.0 Å². The number of benzene rings is 1. The van der Waals surface area contributed by atoms with Gasteiger partial charge in [-0.2, -0.15) is 11.8 Å². The number of rotatable bonds is 6. The molecule has 1 aliphatic rings. The van der Waals surface area contributed by atoms with E-state index < -0.39 is 10.0 Å². The summed E-state index contributed by atoms with van der Waals surface area (Å²) in [6.07, 6.45) is 4.14. The van der Waals surface area contributed by atoms with Crippen LogP contribution in [-0.2, 0) is 16.6 Å². The molecule has 2 rings (SSSR count). The van der Waals surface area contributed by atoms with Crippen molar-refractivity contribution in [1.29, 1.82) is 0 Å². The lowest BCUT2D eigenvalue weighted by molar-refractivity contribution is 0.281. The number of aliphatic hydroxyl groups is 1. The fraction of sp³-hybridized carbons (Fsp3) is 0.571. The number of aliphatic hydroxyl groups excluding tert-OH is 1. The average Bonchev–Trinajstić information content (AvgIpc) is 3.20. The van der Waals surface area contributed by atoms with Crippen molar-refractivity contribution in [3.8, 4) is 0 Å². The van der Waals surface area contributed by atoms with Gasteiger partial charge in [-0.15, -0.1) is 0 Å². The van der Waals surface area contributed by atoms with Gasteiger partial charge in [0, 0.05) is 11.3 Å². The molecule has 0 amide bonds. The molecule has 1 aromatic rings. The van der Waals surface area contributed by atoms with Gasteiger partial charge < -0.3 is 5.11 Å². The molecular formula is C14H21NO3S2. The molecule has 112 valence electrons. The Hall–Kier alpha value is -0.560. The van der Waals surface area contributed by atoms with Crippen molar-refractivity contribution >= 4 is 21.8 Å².